The molecule has 1 aliphatic heterocycles. The van der Waals surface area contributed by atoms with Gasteiger partial charge in [-0.05, 0) is 0 Å². The Kier molecular flexibility index (Phi) is 3.37. The number of fused-ring (bicyclic) bond motifs is 1. The number of methoxy groups -OCH3 is 1. The quantitative estimate of drug-likeness (QED) is 0.506. The predicted octanol–water partition coefficient (Wildman–Crippen LogP) is -2.03. The second-order valence-electron chi connectivity index (χ2n) is 4.78. The van der Waals surface area contributed by atoms with Crippen LogP contribution in [-0.4, -0.2) is 61.8 Å². The first kappa shape index (κ1) is 13.9. The summed E-state index contributed by atoms with van der Waals surface area (Å²) >= 11 is 0. The van der Waals surface area contributed by atoms with E-state index in [9.17, 15) is 15.0 Å². The van der Waals surface area contributed by atoms with Crippen molar-refractivity contribution >= 4 is 17.1 Å². The van der Waals surface area contributed by atoms with Crippen molar-refractivity contribution in [3.63, 3.8) is 0 Å². The molecule has 1 aliphatic rings. The molecule has 2 aromatic rings. The average molecular weight is 297 g/mol. The number of H-pyrrole nitrogens is 1. The van der Waals surface area contributed by atoms with Gasteiger partial charge in [0.25, 0.3) is 5.56 Å². The topological polar surface area (TPSA) is 149 Å². The molecule has 2 unspecified atom stereocenters. The van der Waals surface area contributed by atoms with Crippen molar-refractivity contribution in [2.75, 3.05) is 19.5 Å². The third-order valence-electron chi connectivity index (χ3n) is 3.39. The second kappa shape index (κ2) is 5.07. The molecule has 3 heterocycles. The Morgan fingerprint density at radius 2 is 2.29 bits per heavy atom. The summed E-state index contributed by atoms with van der Waals surface area (Å²) < 4.78 is 11.9. The van der Waals surface area contributed by atoms with Gasteiger partial charge in [-0.25, -0.2) is 4.98 Å². The van der Waals surface area contributed by atoms with Crippen molar-refractivity contribution in [2.24, 2.45) is 0 Å². The van der Waals surface area contributed by atoms with Gasteiger partial charge in [-0.3, -0.25) is 14.3 Å². The van der Waals surface area contributed by atoms with E-state index >= 15 is 0 Å². The summed E-state index contributed by atoms with van der Waals surface area (Å²) in [5, 5.41) is 20.0. The fraction of sp³-hybridized carbons (Fsp3) is 0.545. The van der Waals surface area contributed by atoms with Crippen molar-refractivity contribution in [1.82, 2.24) is 19.5 Å². The first-order valence-corrected chi connectivity index (χ1v) is 6.25. The molecule has 5 N–H and O–H groups in total. The molecule has 0 radical (unpaired) electrons. The lowest BCUT2D eigenvalue weighted by molar-refractivity contribution is -0.0580. The monoisotopic (exact) mass is 297 g/mol. The molecule has 4 atom stereocenters. The van der Waals surface area contributed by atoms with Gasteiger partial charge in [0.2, 0.25) is 5.95 Å². The van der Waals surface area contributed by atoms with E-state index in [4.69, 9.17) is 15.2 Å². The number of nitrogens with zero attached hydrogens (tertiary/aromatic N) is 3. The van der Waals surface area contributed by atoms with Gasteiger partial charge in [0.1, 0.15) is 18.3 Å². The summed E-state index contributed by atoms with van der Waals surface area (Å²) in [5.74, 6) is -0.0734. The number of aromatic nitrogens is 4. The largest absolute Gasteiger partial charge is 0.387 e. The minimum Gasteiger partial charge on any atom is -0.387 e. The van der Waals surface area contributed by atoms with E-state index in [0.717, 1.165) is 0 Å². The van der Waals surface area contributed by atoms with Crippen molar-refractivity contribution < 1.29 is 19.7 Å². The van der Waals surface area contributed by atoms with Crippen LogP contribution in [0.5, 0.6) is 0 Å². The van der Waals surface area contributed by atoms with Gasteiger partial charge in [0.05, 0.1) is 12.9 Å². The van der Waals surface area contributed by atoms with Crippen LogP contribution < -0.4 is 11.3 Å². The lowest BCUT2D eigenvalue weighted by atomic mass is 10.1. The molecule has 1 fully saturated rings. The Morgan fingerprint density at radius 3 is 3.00 bits per heavy atom. The maximum Gasteiger partial charge on any atom is 0.280 e. The van der Waals surface area contributed by atoms with Gasteiger partial charge >= 0.3 is 0 Å². The van der Waals surface area contributed by atoms with Crippen molar-refractivity contribution in [3.05, 3.63) is 16.7 Å². The van der Waals surface area contributed by atoms with Crippen LogP contribution in [0.3, 0.4) is 0 Å². The Morgan fingerprint density at radius 1 is 1.52 bits per heavy atom. The Balaban J connectivity index is 2.03. The number of aliphatic hydroxyl groups excluding tert-OH is 2. The zero-order valence-electron chi connectivity index (χ0n) is 11.1. The Hall–Kier alpha value is -2.01. The number of ether oxygens (including phenoxy) is 2. The molecule has 114 valence electrons. The lowest BCUT2D eigenvalue weighted by Gasteiger charge is -2.16. The first-order chi connectivity index (χ1) is 10.0. The van der Waals surface area contributed by atoms with Gasteiger partial charge in [0, 0.05) is 7.11 Å². The highest BCUT2D eigenvalue weighted by molar-refractivity contribution is 5.70. The van der Waals surface area contributed by atoms with Gasteiger partial charge in [0.15, 0.2) is 17.4 Å². The SMILES string of the molecule is COC[C@H]1O[C@@H](n2cnc3c(=O)[nH]c(N)nc32)C(O)C1O. The van der Waals surface area contributed by atoms with E-state index in [1.165, 1.54) is 18.0 Å². The van der Waals surface area contributed by atoms with Crippen LogP contribution in [0.2, 0.25) is 0 Å². The molecule has 0 saturated carbocycles. The summed E-state index contributed by atoms with van der Waals surface area (Å²) in [5.41, 5.74) is 5.27. The molecule has 0 amide bonds. The summed E-state index contributed by atoms with van der Waals surface area (Å²) in [7, 11) is 1.46. The predicted molar refractivity (Wildman–Crippen MR) is 70.4 cm³/mol. The lowest BCUT2D eigenvalue weighted by Crippen LogP contribution is -2.33. The maximum atomic E-state index is 11.7. The van der Waals surface area contributed by atoms with Crippen LogP contribution in [0.4, 0.5) is 5.95 Å². The van der Waals surface area contributed by atoms with Gasteiger partial charge in [-0.15, -0.1) is 0 Å². The van der Waals surface area contributed by atoms with Crippen LogP contribution >= 0.6 is 0 Å². The molecule has 0 spiro atoms. The number of aromatic amines is 1. The molecule has 0 aromatic carbocycles. The number of nitrogen functional groups attached to an aromatic ring is 1. The van der Waals surface area contributed by atoms with Crippen molar-refractivity contribution in [1.29, 1.82) is 0 Å². The molecule has 1 saturated heterocycles. The number of imidazole rings is 1. The van der Waals surface area contributed by atoms with E-state index in [0.29, 0.717) is 0 Å². The van der Waals surface area contributed by atoms with E-state index in [1.54, 1.807) is 0 Å². The fourth-order valence-electron chi connectivity index (χ4n) is 2.39. The molecule has 0 aliphatic carbocycles. The van der Waals surface area contributed by atoms with Crippen molar-refractivity contribution in [3.8, 4) is 0 Å². The molecule has 2 aromatic heterocycles. The van der Waals surface area contributed by atoms with Crippen LogP contribution in [-0.2, 0) is 9.47 Å². The molecule has 3 rings (SSSR count). The number of rotatable bonds is 3. The smallest absolute Gasteiger partial charge is 0.280 e. The molecule has 0 bridgehead atoms. The molecule has 10 heteroatoms. The highest BCUT2D eigenvalue weighted by atomic mass is 16.6. The van der Waals surface area contributed by atoms with Gasteiger partial charge in [-0.1, -0.05) is 0 Å². The third-order valence-corrected chi connectivity index (χ3v) is 3.39. The zero-order chi connectivity index (χ0) is 15.1. The minimum absolute atomic E-state index is 0.0734. The normalized spacial score (nSPS) is 29.3. The van der Waals surface area contributed by atoms with Crippen LogP contribution in [0.25, 0.3) is 11.2 Å². The van der Waals surface area contributed by atoms with Crippen molar-refractivity contribution in [2.45, 2.75) is 24.5 Å². The average Bonchev–Trinajstić information content (AvgIpc) is 2.96. The van der Waals surface area contributed by atoms with E-state index in [2.05, 4.69) is 15.0 Å². The number of aliphatic hydroxyl groups is 2. The van der Waals surface area contributed by atoms with Crippen LogP contribution in [0, 0.1) is 0 Å². The standard InChI is InChI=1S/C11H15N5O5/c1-20-2-4-6(17)7(18)10(21-4)16-3-13-5-8(16)14-11(12)15-9(5)19/h3-4,6-7,10,17-18H,2H2,1H3,(H3,12,14,15,19)/t4-,6?,7?,10-/m1/s1. The Bertz CT molecular complexity index is 713. The first-order valence-electron chi connectivity index (χ1n) is 6.25. The number of hydrogen-bond acceptors (Lipinski definition) is 8. The summed E-state index contributed by atoms with van der Waals surface area (Å²) in [6, 6.07) is 0. The second-order valence-corrected chi connectivity index (χ2v) is 4.78. The summed E-state index contributed by atoms with van der Waals surface area (Å²) in [6.07, 6.45) is -2.63. The van der Waals surface area contributed by atoms with E-state index < -0.39 is 30.1 Å². The molecule has 21 heavy (non-hydrogen) atoms. The number of anilines is 1. The molecular weight excluding hydrogens is 282 g/mol. The number of nitrogens with two attached hydrogens (primary N) is 1. The Labute approximate surface area is 118 Å². The fourth-order valence-corrected chi connectivity index (χ4v) is 2.39. The van der Waals surface area contributed by atoms with E-state index in [-0.39, 0.29) is 23.7 Å². The highest BCUT2D eigenvalue weighted by Gasteiger charge is 2.44. The molecule has 10 nitrogen and oxygen atoms in total. The summed E-state index contributed by atoms with van der Waals surface area (Å²) in [6.45, 7) is 0.123. The summed E-state index contributed by atoms with van der Waals surface area (Å²) in [4.78, 5) is 22.0. The van der Waals surface area contributed by atoms with Gasteiger partial charge < -0.3 is 25.4 Å². The maximum absolute atomic E-state index is 11.7. The highest BCUT2D eigenvalue weighted by Crippen LogP contribution is 2.31. The zero-order valence-corrected chi connectivity index (χ0v) is 11.1. The van der Waals surface area contributed by atoms with Crippen LogP contribution in [0.1, 0.15) is 6.23 Å². The minimum atomic E-state index is -1.20. The number of nitrogens with one attached hydrogen (secondary N) is 1. The van der Waals surface area contributed by atoms with Gasteiger partial charge in [-0.2, -0.15) is 4.98 Å². The van der Waals surface area contributed by atoms with Crippen LogP contribution in [0.15, 0.2) is 11.1 Å². The number of hydrogen-bond donors (Lipinski definition) is 4. The van der Waals surface area contributed by atoms with E-state index in [1.807, 2.05) is 0 Å². The molecular formula is C11H15N5O5. The third kappa shape index (κ3) is 2.17.